The zero-order chi connectivity index (χ0) is 40.2. The van der Waals surface area contributed by atoms with E-state index < -0.39 is 0 Å². The van der Waals surface area contributed by atoms with Gasteiger partial charge in [0.1, 0.15) is 0 Å². The molecule has 0 aromatic rings. The van der Waals surface area contributed by atoms with Crippen LogP contribution in [0.5, 0.6) is 0 Å². The predicted octanol–water partition coefficient (Wildman–Crippen LogP) is 16.9. The van der Waals surface area contributed by atoms with E-state index in [1.54, 1.807) is 26.3 Å². The van der Waals surface area contributed by atoms with Crippen LogP contribution >= 0.6 is 0 Å². The Labute approximate surface area is 354 Å². The molecule has 0 saturated heterocycles. The van der Waals surface area contributed by atoms with E-state index in [0.29, 0.717) is 6.42 Å². The highest BCUT2D eigenvalue weighted by atomic mass is 16.7. The maximum atomic E-state index is 11.6. The highest BCUT2D eigenvalue weighted by Crippen LogP contribution is 2.46. The van der Waals surface area contributed by atoms with Crippen molar-refractivity contribution in [1.82, 2.24) is 9.96 Å². The summed E-state index contributed by atoms with van der Waals surface area (Å²) in [5, 5.41) is 1.33. The van der Waals surface area contributed by atoms with Crippen LogP contribution in [0.15, 0.2) is 0 Å². The van der Waals surface area contributed by atoms with Crippen LogP contribution in [0.2, 0.25) is 0 Å². The van der Waals surface area contributed by atoms with E-state index in [9.17, 15) is 4.79 Å². The van der Waals surface area contributed by atoms with Crippen LogP contribution in [0.3, 0.4) is 0 Å². The summed E-state index contributed by atoms with van der Waals surface area (Å²) < 4.78 is 0. The molecule has 0 N–H and O–H groups in total. The average Bonchev–Trinajstić information content (AvgIpc) is 4.12. The molecule has 4 nitrogen and oxygen atoms in total. The third kappa shape index (κ3) is 33.2. The van der Waals surface area contributed by atoms with Crippen molar-refractivity contribution in [1.29, 1.82) is 0 Å². The zero-order valence-corrected chi connectivity index (χ0v) is 39.0. The molecule has 0 heterocycles. The van der Waals surface area contributed by atoms with Gasteiger partial charge in [0.25, 0.3) is 0 Å². The van der Waals surface area contributed by atoms with Gasteiger partial charge in [-0.3, -0.25) is 9.63 Å². The second-order valence-electron chi connectivity index (χ2n) is 18.9. The molecule has 5 atom stereocenters. The van der Waals surface area contributed by atoms with Gasteiger partial charge in [-0.2, -0.15) is 0 Å². The first-order valence-electron chi connectivity index (χ1n) is 25.3. The fraction of sp³-hybridized carbons (Fsp3) is 0.981. The first-order chi connectivity index (χ1) is 26.9. The minimum Gasteiger partial charge on any atom is -0.306 e. The normalized spacial score (nSPS) is 19.0. The molecule has 4 heteroatoms. The Kier molecular flexibility index (Phi) is 39.4. The largest absolute Gasteiger partial charge is 0.306 e. The van der Waals surface area contributed by atoms with E-state index in [2.05, 4.69) is 39.8 Å². The maximum absolute atomic E-state index is 11.6. The topological polar surface area (TPSA) is 32.8 Å². The summed E-state index contributed by atoms with van der Waals surface area (Å²) in [6.45, 7) is 6.91. The lowest BCUT2D eigenvalue weighted by molar-refractivity contribution is -0.168. The summed E-state index contributed by atoms with van der Waals surface area (Å²) in [6.07, 6.45) is 53.6. The second kappa shape index (κ2) is 39.8. The van der Waals surface area contributed by atoms with Crippen molar-refractivity contribution in [3.8, 4) is 0 Å². The molecule has 0 aromatic heterocycles. The molecule has 1 amide bonds. The number of hydrogen-bond acceptors (Lipinski definition) is 3. The molecule has 2 rings (SSSR count). The highest BCUT2D eigenvalue weighted by Gasteiger charge is 2.35. The molecular formula is C52H106N2O2. The number of hydroxylamine groups is 2. The van der Waals surface area contributed by atoms with E-state index in [4.69, 9.17) is 4.84 Å². The SMILES string of the molecule is C.CCCCCCCCC1CC1CCCCCCCC(=O)N(C)OC.CCCCCCCCCC(CCCCCCCC1CC1CCCCCCCC)N(C)C. The van der Waals surface area contributed by atoms with Crippen molar-refractivity contribution in [3.63, 3.8) is 0 Å². The molecule has 56 heavy (non-hydrogen) atoms. The number of unbranched alkanes of at least 4 members (excludes halogenated alkanes) is 24. The van der Waals surface area contributed by atoms with Gasteiger partial charge in [-0.1, -0.05) is 234 Å². The third-order valence-corrected chi connectivity index (χ3v) is 13.6. The van der Waals surface area contributed by atoms with Crippen molar-refractivity contribution in [2.75, 3.05) is 28.3 Å². The number of amides is 1. The molecule has 2 aliphatic rings. The molecule has 0 radical (unpaired) electrons. The van der Waals surface area contributed by atoms with Crippen LogP contribution in [0, 0.1) is 23.7 Å². The van der Waals surface area contributed by atoms with Gasteiger partial charge in [0, 0.05) is 19.5 Å². The second-order valence-corrected chi connectivity index (χ2v) is 18.9. The number of carbonyl (C=O) groups excluding carboxylic acids is 1. The van der Waals surface area contributed by atoms with Gasteiger partial charge in [0.15, 0.2) is 0 Å². The first kappa shape index (κ1) is 55.4. The summed E-state index contributed by atoms with van der Waals surface area (Å²) in [7, 11) is 7.81. The van der Waals surface area contributed by atoms with Crippen LogP contribution in [0.4, 0.5) is 0 Å². The van der Waals surface area contributed by atoms with Crippen molar-refractivity contribution >= 4 is 5.91 Å². The minimum atomic E-state index is 0. The number of nitrogens with zero attached hydrogens (tertiary/aromatic N) is 2. The Hall–Kier alpha value is -0.610. The summed E-state index contributed by atoms with van der Waals surface area (Å²) in [5.74, 6) is 4.46. The van der Waals surface area contributed by atoms with E-state index in [1.165, 1.54) is 224 Å². The van der Waals surface area contributed by atoms with Crippen LogP contribution in [0.1, 0.15) is 272 Å². The van der Waals surface area contributed by atoms with Gasteiger partial charge in [-0.05, 0) is 69.9 Å². The number of carbonyl (C=O) groups is 1. The number of hydrogen-bond donors (Lipinski definition) is 0. The Morgan fingerprint density at radius 3 is 1.05 bits per heavy atom. The highest BCUT2D eigenvalue weighted by molar-refractivity contribution is 5.74. The van der Waals surface area contributed by atoms with Gasteiger partial charge in [0.05, 0.1) is 7.11 Å². The maximum Gasteiger partial charge on any atom is 0.245 e. The molecular weight excluding hydrogens is 685 g/mol. The smallest absolute Gasteiger partial charge is 0.245 e. The molecule has 2 aliphatic carbocycles. The quantitative estimate of drug-likeness (QED) is 0.0458. The average molecular weight is 791 g/mol. The summed E-state index contributed by atoms with van der Waals surface area (Å²) in [4.78, 5) is 18.9. The Balaban J connectivity index is 0.00000109. The van der Waals surface area contributed by atoms with Crippen molar-refractivity contribution in [2.45, 2.75) is 278 Å². The van der Waals surface area contributed by atoms with Crippen molar-refractivity contribution in [3.05, 3.63) is 0 Å². The molecule has 0 aromatic carbocycles. The molecule has 336 valence electrons. The molecule has 2 fully saturated rings. The molecule has 0 bridgehead atoms. The van der Waals surface area contributed by atoms with E-state index >= 15 is 0 Å². The lowest BCUT2D eigenvalue weighted by atomic mass is 9.99. The lowest BCUT2D eigenvalue weighted by Crippen LogP contribution is -2.27. The van der Waals surface area contributed by atoms with Crippen LogP contribution in [0.25, 0.3) is 0 Å². The van der Waals surface area contributed by atoms with E-state index in [0.717, 1.165) is 36.1 Å². The molecule has 5 unspecified atom stereocenters. The zero-order valence-electron chi connectivity index (χ0n) is 39.0. The summed E-state index contributed by atoms with van der Waals surface area (Å²) in [6, 6.07) is 0.824. The Bertz CT molecular complexity index is 817. The standard InChI is InChI=1S/C30H61N.C21H41NO2.CH4/c1-5-7-9-11-13-17-21-25-30(31(3)4)26-22-18-14-16-20-24-29-27-28(29)23-19-15-12-10-8-6-2;1-4-5-6-7-9-12-15-19-18-20(19)16-13-10-8-11-14-17-21(23)22(2)24-3;/h28-30H,5-27H2,1-4H3;19-20H,4-18H2,1-3H3;1H4. The summed E-state index contributed by atoms with van der Waals surface area (Å²) >= 11 is 0. The fourth-order valence-electron chi connectivity index (χ4n) is 9.20. The van der Waals surface area contributed by atoms with Gasteiger partial charge in [-0.15, -0.1) is 0 Å². The van der Waals surface area contributed by atoms with Crippen LogP contribution < -0.4 is 0 Å². The van der Waals surface area contributed by atoms with E-state index in [1.807, 2.05) is 0 Å². The van der Waals surface area contributed by atoms with E-state index in [-0.39, 0.29) is 13.3 Å². The fourth-order valence-corrected chi connectivity index (χ4v) is 9.20. The van der Waals surface area contributed by atoms with Gasteiger partial charge < -0.3 is 4.90 Å². The van der Waals surface area contributed by atoms with Crippen LogP contribution in [-0.2, 0) is 9.63 Å². The minimum absolute atomic E-state index is 0. The number of rotatable bonds is 40. The van der Waals surface area contributed by atoms with Crippen molar-refractivity contribution in [2.24, 2.45) is 23.7 Å². The molecule has 0 spiro atoms. The predicted molar refractivity (Wildman–Crippen MR) is 250 cm³/mol. The summed E-state index contributed by atoms with van der Waals surface area (Å²) in [5.41, 5.74) is 0. The monoisotopic (exact) mass is 791 g/mol. The van der Waals surface area contributed by atoms with Gasteiger partial charge in [-0.25, -0.2) is 5.06 Å². The van der Waals surface area contributed by atoms with Gasteiger partial charge in [0.2, 0.25) is 5.91 Å². The third-order valence-electron chi connectivity index (χ3n) is 13.6. The first-order valence-corrected chi connectivity index (χ1v) is 25.3. The Morgan fingerprint density at radius 1 is 0.464 bits per heavy atom. The lowest BCUT2D eigenvalue weighted by Gasteiger charge is -2.24. The van der Waals surface area contributed by atoms with Crippen LogP contribution in [-0.4, -0.2) is 50.2 Å². The van der Waals surface area contributed by atoms with Crippen molar-refractivity contribution < 1.29 is 9.63 Å². The molecule has 0 aliphatic heterocycles. The Morgan fingerprint density at radius 2 is 0.750 bits per heavy atom. The van der Waals surface area contributed by atoms with Gasteiger partial charge >= 0.3 is 0 Å². The molecule has 2 saturated carbocycles.